The smallest absolute Gasteiger partial charge is 0.318 e. The number of benzene rings is 1. The molecule has 5 atom stereocenters. The molecule has 0 spiro atoms. The molecular formula is C35H54N6O5S. The van der Waals surface area contributed by atoms with Crippen LogP contribution in [0.15, 0.2) is 42.9 Å². The predicted octanol–water partition coefficient (Wildman–Crippen LogP) is 3.37. The number of urea groups is 1. The third kappa shape index (κ3) is 11.2. The quantitative estimate of drug-likeness (QED) is 0.195. The van der Waals surface area contributed by atoms with Crippen molar-refractivity contribution in [3.05, 3.63) is 54.1 Å². The Bertz CT molecular complexity index is 1240. The normalized spacial score (nSPS) is 19.0. The molecule has 1 saturated heterocycles. The fourth-order valence-corrected chi connectivity index (χ4v) is 7.43. The van der Waals surface area contributed by atoms with Crippen LogP contribution in [0.4, 0.5) is 4.79 Å². The zero-order valence-corrected chi connectivity index (χ0v) is 29.0. The van der Waals surface area contributed by atoms with Gasteiger partial charge in [-0.05, 0) is 23.8 Å². The fraction of sp³-hybridized carbons (Fsp3) is 0.657. The number of amides is 4. The number of imidazole rings is 1. The first-order valence-corrected chi connectivity index (χ1v) is 18.3. The van der Waals surface area contributed by atoms with Crippen LogP contribution in [-0.2, 0) is 22.4 Å². The average Bonchev–Trinajstić information content (AvgIpc) is 3.60. The second kappa shape index (κ2) is 18.5. The summed E-state index contributed by atoms with van der Waals surface area (Å²) >= 11 is 1.80. The number of nitrogens with one attached hydrogen (secondary N) is 3. The summed E-state index contributed by atoms with van der Waals surface area (Å²) in [6.07, 6.45) is 8.23. The molecule has 1 aliphatic heterocycles. The minimum atomic E-state index is -0.945. The van der Waals surface area contributed by atoms with Crippen molar-refractivity contribution in [3.63, 3.8) is 0 Å². The van der Waals surface area contributed by atoms with Gasteiger partial charge in [0.2, 0.25) is 11.8 Å². The van der Waals surface area contributed by atoms with E-state index in [-0.39, 0.29) is 37.1 Å². The molecule has 47 heavy (non-hydrogen) atoms. The highest BCUT2D eigenvalue weighted by molar-refractivity contribution is 7.99. The number of hydrogen-bond donors (Lipinski definition) is 5. The molecule has 4 rings (SSSR count). The molecule has 2 heterocycles. The van der Waals surface area contributed by atoms with E-state index in [2.05, 4.69) is 20.6 Å². The molecule has 1 aromatic carbocycles. The van der Waals surface area contributed by atoms with Crippen LogP contribution in [0.25, 0.3) is 0 Å². The molecule has 12 heteroatoms. The minimum Gasteiger partial charge on any atom is -0.393 e. The Morgan fingerprint density at radius 2 is 1.72 bits per heavy atom. The Hall–Kier alpha value is -3.09. The van der Waals surface area contributed by atoms with Gasteiger partial charge in [0.25, 0.3) is 0 Å². The van der Waals surface area contributed by atoms with E-state index in [9.17, 15) is 24.6 Å². The molecule has 260 valence electrons. The number of rotatable bonds is 15. The number of aromatic amines is 1. The molecule has 2 fully saturated rings. The first-order valence-electron chi connectivity index (χ1n) is 17.2. The lowest BCUT2D eigenvalue weighted by molar-refractivity contribution is -0.141. The summed E-state index contributed by atoms with van der Waals surface area (Å²) in [4.78, 5) is 52.2. The maximum Gasteiger partial charge on any atom is 0.318 e. The number of H-pyrrole nitrogens is 1. The summed E-state index contributed by atoms with van der Waals surface area (Å²) < 4.78 is 0. The Kier molecular flexibility index (Phi) is 14.4. The SMILES string of the molecule is CC(C)[C@@H](O)C[C@H](O)[C@H](CC1CCCCC1)NC(=O)[C@H](Cc1cnc[nH]1)N(C)C(=O)[C@H](Cc1ccccc1)NC(=O)N1CCSCC1. The van der Waals surface area contributed by atoms with Crippen LogP contribution >= 0.6 is 11.8 Å². The molecular weight excluding hydrogens is 616 g/mol. The summed E-state index contributed by atoms with van der Waals surface area (Å²) in [7, 11) is 1.60. The third-order valence-electron chi connectivity index (χ3n) is 9.62. The van der Waals surface area contributed by atoms with Gasteiger partial charge >= 0.3 is 6.03 Å². The molecule has 0 bridgehead atoms. The zero-order valence-electron chi connectivity index (χ0n) is 28.1. The number of aliphatic hydroxyl groups excluding tert-OH is 2. The van der Waals surface area contributed by atoms with Crippen molar-refractivity contribution in [1.29, 1.82) is 0 Å². The van der Waals surface area contributed by atoms with Crippen LogP contribution < -0.4 is 10.6 Å². The van der Waals surface area contributed by atoms with Crippen molar-refractivity contribution in [3.8, 4) is 0 Å². The van der Waals surface area contributed by atoms with Crippen LogP contribution in [0.3, 0.4) is 0 Å². The van der Waals surface area contributed by atoms with Gasteiger partial charge < -0.3 is 35.6 Å². The molecule has 0 radical (unpaired) electrons. The van der Waals surface area contributed by atoms with E-state index in [0.29, 0.717) is 31.1 Å². The molecule has 5 N–H and O–H groups in total. The highest BCUT2D eigenvalue weighted by Crippen LogP contribution is 2.29. The number of carbonyl (C=O) groups excluding carboxylic acids is 3. The molecule has 2 aliphatic rings. The van der Waals surface area contributed by atoms with Crippen LogP contribution in [0, 0.1) is 11.8 Å². The lowest BCUT2D eigenvalue weighted by Gasteiger charge is -2.35. The van der Waals surface area contributed by atoms with Crippen LogP contribution in [0.1, 0.15) is 70.1 Å². The van der Waals surface area contributed by atoms with Gasteiger partial charge in [0.15, 0.2) is 0 Å². The molecule has 2 aromatic rings. The average molecular weight is 671 g/mol. The number of likely N-dealkylation sites (N-methyl/N-ethyl adjacent to an activating group) is 1. The van der Waals surface area contributed by atoms with Gasteiger partial charge in [-0.3, -0.25) is 9.59 Å². The van der Waals surface area contributed by atoms with Crippen LogP contribution in [-0.4, -0.2) is 110 Å². The van der Waals surface area contributed by atoms with Crippen molar-refractivity contribution in [2.24, 2.45) is 11.8 Å². The first kappa shape index (κ1) is 36.7. The third-order valence-corrected chi connectivity index (χ3v) is 10.6. The van der Waals surface area contributed by atoms with Crippen molar-refractivity contribution >= 4 is 29.6 Å². The summed E-state index contributed by atoms with van der Waals surface area (Å²) in [5, 5.41) is 28.0. The Morgan fingerprint density at radius 1 is 1.02 bits per heavy atom. The van der Waals surface area contributed by atoms with Gasteiger partial charge in [0.1, 0.15) is 12.1 Å². The van der Waals surface area contributed by atoms with E-state index in [1.165, 1.54) is 17.6 Å². The highest BCUT2D eigenvalue weighted by atomic mass is 32.2. The zero-order chi connectivity index (χ0) is 33.8. The summed E-state index contributed by atoms with van der Waals surface area (Å²) in [5.41, 5.74) is 1.57. The van der Waals surface area contributed by atoms with Gasteiger partial charge in [-0.2, -0.15) is 11.8 Å². The van der Waals surface area contributed by atoms with E-state index >= 15 is 0 Å². The topological polar surface area (TPSA) is 151 Å². The number of aliphatic hydroxyl groups is 2. The van der Waals surface area contributed by atoms with Crippen molar-refractivity contribution in [1.82, 2.24) is 30.4 Å². The standard InChI is InChI=1S/C35H54N6O5S/c1-24(2)31(42)21-32(43)28(18-25-10-6-4-7-11-25)38-33(44)30(20-27-22-36-23-37-27)40(3)34(45)29(19-26-12-8-5-9-13-26)39-35(46)41-14-16-47-17-15-41/h5,8-9,12-13,22-25,28-32,42-43H,4,6-7,10-11,14-21H2,1-3H3,(H,36,37)(H,38,44)(H,39,46)/t28-,29-,30-,31-,32-/m0/s1. The number of nitrogens with zero attached hydrogens (tertiary/aromatic N) is 3. The number of thioether (sulfide) groups is 1. The van der Waals surface area contributed by atoms with Gasteiger partial charge in [-0.1, -0.05) is 76.3 Å². The second-order valence-electron chi connectivity index (χ2n) is 13.5. The van der Waals surface area contributed by atoms with Gasteiger partial charge in [0, 0.05) is 62.8 Å². The van der Waals surface area contributed by atoms with E-state index in [1.54, 1.807) is 29.9 Å². The monoisotopic (exact) mass is 670 g/mol. The van der Waals surface area contributed by atoms with Gasteiger partial charge in [-0.25, -0.2) is 9.78 Å². The maximum atomic E-state index is 14.3. The molecule has 1 aliphatic carbocycles. The van der Waals surface area contributed by atoms with E-state index < -0.39 is 36.2 Å². The maximum absolute atomic E-state index is 14.3. The minimum absolute atomic E-state index is 0.0342. The fourth-order valence-electron chi connectivity index (χ4n) is 6.52. The van der Waals surface area contributed by atoms with E-state index in [0.717, 1.165) is 42.8 Å². The molecule has 0 unspecified atom stereocenters. The number of aromatic nitrogens is 2. The van der Waals surface area contributed by atoms with E-state index in [4.69, 9.17) is 0 Å². The van der Waals surface area contributed by atoms with Crippen molar-refractivity contribution < 1.29 is 24.6 Å². The molecule has 1 saturated carbocycles. The predicted molar refractivity (Wildman–Crippen MR) is 185 cm³/mol. The number of hydrogen-bond acceptors (Lipinski definition) is 7. The Balaban J connectivity index is 1.57. The molecule has 1 aromatic heterocycles. The van der Waals surface area contributed by atoms with Crippen LogP contribution in [0.5, 0.6) is 0 Å². The van der Waals surface area contributed by atoms with Crippen molar-refractivity contribution in [2.45, 2.75) is 102 Å². The van der Waals surface area contributed by atoms with Gasteiger partial charge in [-0.15, -0.1) is 0 Å². The van der Waals surface area contributed by atoms with Gasteiger partial charge in [0.05, 0.1) is 24.6 Å². The Labute approximate surface area is 283 Å². The van der Waals surface area contributed by atoms with Crippen molar-refractivity contribution in [2.75, 3.05) is 31.6 Å². The second-order valence-corrected chi connectivity index (χ2v) is 14.7. The highest BCUT2D eigenvalue weighted by Gasteiger charge is 2.36. The molecule has 11 nitrogen and oxygen atoms in total. The lowest BCUT2D eigenvalue weighted by Crippen LogP contribution is -2.59. The Morgan fingerprint density at radius 3 is 2.36 bits per heavy atom. The molecule has 4 amide bonds. The number of carbonyl (C=O) groups is 3. The first-order chi connectivity index (χ1) is 22.6. The summed E-state index contributed by atoms with van der Waals surface area (Å²) in [5.74, 6) is 1.25. The van der Waals surface area contributed by atoms with E-state index in [1.807, 2.05) is 44.2 Å². The summed E-state index contributed by atoms with van der Waals surface area (Å²) in [6, 6.07) is 6.82. The lowest BCUT2D eigenvalue weighted by atomic mass is 9.82. The largest absolute Gasteiger partial charge is 0.393 e. The summed E-state index contributed by atoms with van der Waals surface area (Å²) in [6.45, 7) is 5.03. The van der Waals surface area contributed by atoms with Crippen LogP contribution in [0.2, 0.25) is 0 Å².